The molecule has 1 atom stereocenters. The zero-order valence-corrected chi connectivity index (χ0v) is 13.3. The Labute approximate surface area is 126 Å². The Bertz CT molecular complexity index is 410. The van der Waals surface area contributed by atoms with E-state index in [-0.39, 0.29) is 46.6 Å². The van der Waals surface area contributed by atoms with Crippen molar-refractivity contribution in [1.82, 2.24) is 0 Å². The van der Waals surface area contributed by atoms with E-state index in [4.69, 9.17) is 4.74 Å². The number of benzene rings is 1. The van der Waals surface area contributed by atoms with Gasteiger partial charge in [0, 0.05) is 9.37 Å². The molecule has 0 amide bonds. The second-order valence-electron chi connectivity index (χ2n) is 2.63. The van der Waals surface area contributed by atoms with Crippen molar-refractivity contribution < 1.29 is 47.9 Å². The summed E-state index contributed by atoms with van der Waals surface area (Å²) in [5.74, 6) is -0.537. The van der Waals surface area contributed by atoms with E-state index in [0.29, 0.717) is 4.47 Å². The van der Waals surface area contributed by atoms with Gasteiger partial charge in [-0.3, -0.25) is 4.21 Å². The summed E-state index contributed by atoms with van der Waals surface area (Å²) in [7, 11) is 0. The van der Waals surface area contributed by atoms with Crippen LogP contribution in [0, 0.1) is 0 Å². The summed E-state index contributed by atoms with van der Waals surface area (Å²) >= 11 is 0.762. The first kappa shape index (κ1) is 16.3. The number of carbonyl (C=O) groups is 1. The van der Waals surface area contributed by atoms with Crippen molar-refractivity contribution in [1.29, 1.82) is 0 Å². The number of rotatable bonds is 3. The molecule has 82 valence electrons. The van der Waals surface area contributed by atoms with Gasteiger partial charge in [-0.2, -0.15) is 0 Å². The van der Waals surface area contributed by atoms with E-state index in [1.165, 1.54) is 18.2 Å². The number of ether oxygens (including phenoxy) is 1. The molecule has 0 aliphatic carbocycles. The quantitative estimate of drug-likeness (QED) is 0.402. The smallest absolute Gasteiger partial charge is 0.768 e. The topological polar surface area (TPSA) is 66.4 Å². The monoisotopic (exact) mass is 314 g/mol. The first-order valence-corrected chi connectivity index (χ1v) is 5.98. The summed E-state index contributed by atoms with van der Waals surface area (Å²) in [5, 5.41) is 0. The maximum Gasteiger partial charge on any atom is 1.00 e. The molecule has 0 radical (unpaired) electrons. The van der Waals surface area contributed by atoms with Crippen LogP contribution in [0.5, 0.6) is 0 Å². The Hall–Kier alpha value is 0.280. The molecule has 4 nitrogen and oxygen atoms in total. The van der Waals surface area contributed by atoms with E-state index < -0.39 is 17.0 Å². The molecule has 1 aromatic rings. The van der Waals surface area contributed by atoms with Crippen LogP contribution in [0.2, 0.25) is 0 Å². The second-order valence-corrected chi connectivity index (χ2v) is 4.49. The number of carbonyl (C=O) groups excluding carboxylic acids is 1. The van der Waals surface area contributed by atoms with E-state index >= 15 is 0 Å². The Balaban J connectivity index is 0.00000225. The average molecular weight is 315 g/mol. The number of esters is 1. The summed E-state index contributed by atoms with van der Waals surface area (Å²) in [4.78, 5) is 11.4. The second kappa shape index (κ2) is 7.58. The fourth-order valence-corrected chi connectivity index (χ4v) is 2.08. The van der Waals surface area contributed by atoms with Crippen molar-refractivity contribution >= 4 is 33.0 Å². The molecule has 0 aliphatic heterocycles. The van der Waals surface area contributed by atoms with Gasteiger partial charge >= 0.3 is 35.5 Å². The fourth-order valence-electron chi connectivity index (χ4n) is 0.991. The summed E-state index contributed by atoms with van der Waals surface area (Å²) < 4.78 is 26.7. The number of halogens is 1. The first-order valence-electron chi connectivity index (χ1n) is 4.11. The van der Waals surface area contributed by atoms with Crippen molar-refractivity contribution in [2.45, 2.75) is 11.8 Å². The minimum Gasteiger partial charge on any atom is -0.768 e. The van der Waals surface area contributed by atoms with Crippen LogP contribution in [-0.2, 0) is 15.8 Å². The predicted molar refractivity (Wildman–Crippen MR) is 57.3 cm³/mol. The van der Waals surface area contributed by atoms with Crippen molar-refractivity contribution in [3.8, 4) is 0 Å². The summed E-state index contributed by atoms with van der Waals surface area (Å²) in [6.07, 6.45) is 0. The van der Waals surface area contributed by atoms with Crippen LogP contribution in [0.4, 0.5) is 0 Å². The molecule has 0 aliphatic rings. The molecule has 0 spiro atoms. The van der Waals surface area contributed by atoms with Gasteiger partial charge in [-0.25, -0.2) is 4.79 Å². The molecular formula is C9H8BrNaO4S. The van der Waals surface area contributed by atoms with E-state index in [1.807, 2.05) is 0 Å². The van der Waals surface area contributed by atoms with Crippen LogP contribution >= 0.6 is 15.9 Å². The van der Waals surface area contributed by atoms with Crippen molar-refractivity contribution in [3.63, 3.8) is 0 Å². The van der Waals surface area contributed by atoms with Crippen molar-refractivity contribution in [3.05, 3.63) is 28.2 Å². The minimum atomic E-state index is -2.36. The number of hydrogen-bond acceptors (Lipinski definition) is 4. The van der Waals surface area contributed by atoms with Crippen LogP contribution in [-0.4, -0.2) is 21.3 Å². The molecule has 0 saturated carbocycles. The zero-order chi connectivity index (χ0) is 11.4. The fraction of sp³-hybridized carbons (Fsp3) is 0.222. The van der Waals surface area contributed by atoms with E-state index in [2.05, 4.69) is 15.9 Å². The average Bonchev–Trinajstić information content (AvgIpc) is 2.17. The predicted octanol–water partition coefficient (Wildman–Crippen LogP) is -1.13. The normalized spacial score (nSPS) is 11.4. The van der Waals surface area contributed by atoms with E-state index in [9.17, 15) is 13.6 Å². The van der Waals surface area contributed by atoms with E-state index in [0.717, 1.165) is 0 Å². The molecule has 1 aromatic carbocycles. The molecule has 16 heavy (non-hydrogen) atoms. The largest absolute Gasteiger partial charge is 1.00 e. The SMILES string of the molecule is CCOC(=O)c1cc(Br)cc(S(=O)[O-])c1.[Na+]. The molecule has 0 aromatic heterocycles. The molecule has 0 N–H and O–H groups in total. The Morgan fingerprint density at radius 1 is 1.50 bits per heavy atom. The Morgan fingerprint density at radius 3 is 2.62 bits per heavy atom. The third-order valence-corrected chi connectivity index (χ3v) is 2.65. The van der Waals surface area contributed by atoms with E-state index in [1.54, 1.807) is 6.92 Å². The third-order valence-electron chi connectivity index (χ3n) is 1.57. The van der Waals surface area contributed by atoms with Crippen molar-refractivity contribution in [2.24, 2.45) is 0 Å². The van der Waals surface area contributed by atoms with Crippen LogP contribution in [0.25, 0.3) is 0 Å². The van der Waals surface area contributed by atoms with Crippen LogP contribution in [0.1, 0.15) is 17.3 Å². The van der Waals surface area contributed by atoms with Gasteiger partial charge in [0.05, 0.1) is 12.2 Å². The standard InChI is InChI=1S/C9H9BrO4S.Na/c1-2-14-9(11)6-3-7(10)5-8(4-6)15(12)13;/h3-5H,2H2,1H3,(H,12,13);/q;+1/p-1. The molecule has 7 heteroatoms. The van der Waals surface area contributed by atoms with Gasteiger partial charge in [-0.1, -0.05) is 15.9 Å². The molecule has 0 fully saturated rings. The molecular weight excluding hydrogens is 307 g/mol. The molecule has 0 heterocycles. The van der Waals surface area contributed by atoms with Gasteiger partial charge in [-0.15, -0.1) is 0 Å². The van der Waals surface area contributed by atoms with Crippen molar-refractivity contribution in [2.75, 3.05) is 6.61 Å². The first-order chi connectivity index (χ1) is 7.04. The molecule has 0 bridgehead atoms. The summed E-state index contributed by atoms with van der Waals surface area (Å²) in [6, 6.07) is 4.19. The summed E-state index contributed by atoms with van der Waals surface area (Å²) in [6.45, 7) is 1.93. The van der Waals surface area contributed by atoms with Gasteiger partial charge in [0.15, 0.2) is 0 Å². The maximum atomic E-state index is 11.3. The van der Waals surface area contributed by atoms with Crippen LogP contribution < -0.4 is 29.6 Å². The van der Waals surface area contributed by atoms with Gasteiger partial charge in [0.25, 0.3) is 0 Å². The van der Waals surface area contributed by atoms with Gasteiger partial charge in [-0.05, 0) is 36.2 Å². The number of hydrogen-bond donors (Lipinski definition) is 0. The molecule has 1 rings (SSSR count). The minimum absolute atomic E-state index is 0. The van der Waals surface area contributed by atoms with Crippen LogP contribution in [0.3, 0.4) is 0 Å². The summed E-state index contributed by atoms with van der Waals surface area (Å²) in [5.41, 5.74) is 0.213. The van der Waals surface area contributed by atoms with Gasteiger partial charge in [0.1, 0.15) is 0 Å². The zero-order valence-electron chi connectivity index (χ0n) is 8.86. The third kappa shape index (κ3) is 4.65. The molecule has 0 saturated heterocycles. The van der Waals surface area contributed by atoms with Gasteiger partial charge in [0.2, 0.25) is 0 Å². The van der Waals surface area contributed by atoms with Crippen LogP contribution in [0.15, 0.2) is 27.6 Å². The maximum absolute atomic E-state index is 11.3. The molecule has 1 unspecified atom stereocenters. The Morgan fingerprint density at radius 2 is 2.12 bits per heavy atom. The Kier molecular flexibility index (Phi) is 7.71. The van der Waals surface area contributed by atoms with Gasteiger partial charge < -0.3 is 9.29 Å².